The van der Waals surface area contributed by atoms with E-state index in [1.807, 2.05) is 21.9 Å². The zero-order chi connectivity index (χ0) is 19.2. The van der Waals surface area contributed by atoms with Crippen LogP contribution in [0, 0.1) is 0 Å². The second-order valence-corrected chi connectivity index (χ2v) is 7.27. The van der Waals surface area contributed by atoms with Crippen molar-refractivity contribution in [2.24, 2.45) is 0 Å². The van der Waals surface area contributed by atoms with Crippen molar-refractivity contribution in [2.75, 3.05) is 27.4 Å². The Labute approximate surface area is 161 Å². The molecule has 1 aromatic rings. The van der Waals surface area contributed by atoms with E-state index in [2.05, 4.69) is 10.3 Å². The molecule has 2 saturated heterocycles. The highest BCUT2D eigenvalue weighted by molar-refractivity contribution is 6.11. The monoisotopic (exact) mass is 381 g/mol. The minimum atomic E-state index is -0.0427. The van der Waals surface area contributed by atoms with Crippen molar-refractivity contribution in [1.29, 1.82) is 0 Å². The van der Waals surface area contributed by atoms with Gasteiger partial charge in [0.05, 0.1) is 38.2 Å². The molecule has 0 saturated carbocycles. The SMILES string of the molecule is B[C@H]1C[C@@H](OC)[C@@H](COCc2cn(CO[C@@H]3C[C@H](B)O[C@@H]3COC)nn2)O1. The summed E-state index contributed by atoms with van der Waals surface area (Å²) in [7, 11) is 7.46. The van der Waals surface area contributed by atoms with Crippen LogP contribution in [0.5, 0.6) is 0 Å². The zero-order valence-electron chi connectivity index (χ0n) is 16.6. The topological polar surface area (TPSA) is 86.1 Å². The smallest absolute Gasteiger partial charge is 0.141 e. The molecular weight excluding hydrogens is 352 g/mol. The van der Waals surface area contributed by atoms with Gasteiger partial charge in [-0.3, -0.25) is 0 Å². The van der Waals surface area contributed by atoms with Crippen LogP contribution in [0.2, 0.25) is 0 Å². The Balaban J connectivity index is 1.39. The average molecular weight is 381 g/mol. The highest BCUT2D eigenvalue weighted by atomic mass is 16.6. The Hall–Kier alpha value is -0.970. The van der Waals surface area contributed by atoms with Gasteiger partial charge in [-0.2, -0.15) is 0 Å². The van der Waals surface area contributed by atoms with Crippen molar-refractivity contribution < 1.29 is 28.4 Å². The molecule has 2 aliphatic heterocycles. The minimum absolute atomic E-state index is 0.00340. The van der Waals surface area contributed by atoms with Gasteiger partial charge in [-0.05, 0) is 12.8 Å². The third-order valence-electron chi connectivity index (χ3n) is 4.94. The van der Waals surface area contributed by atoms with Crippen LogP contribution in [0.1, 0.15) is 18.5 Å². The van der Waals surface area contributed by atoms with Crippen LogP contribution < -0.4 is 0 Å². The quantitative estimate of drug-likeness (QED) is 0.444. The van der Waals surface area contributed by atoms with Gasteiger partial charge in [-0.15, -0.1) is 5.10 Å². The third kappa shape index (κ3) is 5.75. The Morgan fingerprint density at radius 1 is 1.11 bits per heavy atom. The fourth-order valence-corrected chi connectivity index (χ4v) is 3.64. The van der Waals surface area contributed by atoms with Gasteiger partial charge in [-0.1, -0.05) is 5.21 Å². The van der Waals surface area contributed by atoms with E-state index in [9.17, 15) is 0 Å². The fourth-order valence-electron chi connectivity index (χ4n) is 3.64. The Bertz CT molecular complexity index is 580. The summed E-state index contributed by atoms with van der Waals surface area (Å²) in [5, 5.41) is 8.22. The van der Waals surface area contributed by atoms with Crippen molar-refractivity contribution in [1.82, 2.24) is 15.0 Å². The third-order valence-corrected chi connectivity index (χ3v) is 4.94. The zero-order valence-corrected chi connectivity index (χ0v) is 16.6. The van der Waals surface area contributed by atoms with Crippen molar-refractivity contribution in [2.45, 2.75) is 62.6 Å². The van der Waals surface area contributed by atoms with Crippen molar-refractivity contribution in [3.8, 4) is 0 Å². The number of nitrogens with zero attached hydrogens (tertiary/aromatic N) is 3. The summed E-state index contributed by atoms with van der Waals surface area (Å²) in [4.78, 5) is 0. The Morgan fingerprint density at radius 2 is 1.81 bits per heavy atom. The summed E-state index contributed by atoms with van der Waals surface area (Å²) < 4.78 is 35.6. The predicted octanol–water partition coefficient (Wildman–Crippen LogP) is -1.70. The predicted molar refractivity (Wildman–Crippen MR) is 101 cm³/mol. The molecule has 0 bridgehead atoms. The fraction of sp³-hybridized carbons (Fsp3) is 0.875. The molecule has 0 unspecified atom stereocenters. The molecule has 0 N–H and O–H groups in total. The van der Waals surface area contributed by atoms with Crippen LogP contribution in [0.3, 0.4) is 0 Å². The van der Waals surface area contributed by atoms with Gasteiger partial charge in [0.1, 0.15) is 40.3 Å². The second-order valence-electron chi connectivity index (χ2n) is 7.27. The minimum Gasteiger partial charge on any atom is -0.382 e. The van der Waals surface area contributed by atoms with E-state index >= 15 is 0 Å². The molecule has 3 heterocycles. The molecule has 2 aliphatic rings. The van der Waals surface area contributed by atoms with E-state index in [0.717, 1.165) is 18.5 Å². The van der Waals surface area contributed by atoms with Gasteiger partial charge in [0, 0.05) is 26.2 Å². The molecule has 3 rings (SSSR count). The van der Waals surface area contributed by atoms with Gasteiger partial charge in [0.2, 0.25) is 0 Å². The standard InChI is InChI=1S/C16H29B2N3O6/c1-22-7-13-12(4-16(18)26-13)25-9-21-5-10(19-20-21)6-24-8-14-11(23-2)3-15(17)27-14/h5,11-16H,3-4,6-9,17-18H2,1-2H3/t11-,12-,13-,14-,15-,16-/m1/s1. The molecule has 27 heavy (non-hydrogen) atoms. The molecule has 0 radical (unpaired) electrons. The largest absolute Gasteiger partial charge is 0.382 e. The molecule has 0 amide bonds. The molecule has 2 fully saturated rings. The lowest BCUT2D eigenvalue weighted by atomic mass is 9.96. The first-order valence-electron chi connectivity index (χ1n) is 9.50. The Morgan fingerprint density at radius 3 is 2.52 bits per heavy atom. The van der Waals surface area contributed by atoms with Crippen molar-refractivity contribution in [3.05, 3.63) is 11.9 Å². The summed E-state index contributed by atoms with van der Waals surface area (Å²) >= 11 is 0. The first-order chi connectivity index (χ1) is 13.1. The van der Waals surface area contributed by atoms with Crippen LogP contribution in [0.15, 0.2) is 6.20 Å². The van der Waals surface area contributed by atoms with Crippen molar-refractivity contribution in [3.63, 3.8) is 0 Å². The number of aromatic nitrogens is 3. The maximum Gasteiger partial charge on any atom is 0.141 e. The first-order valence-corrected chi connectivity index (χ1v) is 9.50. The van der Waals surface area contributed by atoms with Gasteiger partial charge in [0.15, 0.2) is 0 Å². The second kappa shape index (κ2) is 9.99. The van der Waals surface area contributed by atoms with E-state index in [-0.39, 0.29) is 36.4 Å². The molecule has 0 spiro atoms. The molecule has 1 aromatic heterocycles. The number of methoxy groups -OCH3 is 2. The highest BCUT2D eigenvalue weighted by Gasteiger charge is 2.34. The van der Waals surface area contributed by atoms with E-state index in [4.69, 9.17) is 28.4 Å². The van der Waals surface area contributed by atoms with E-state index < -0.39 is 0 Å². The van der Waals surface area contributed by atoms with Gasteiger partial charge >= 0.3 is 0 Å². The molecule has 11 heteroatoms. The normalized spacial score (nSPS) is 33.7. The van der Waals surface area contributed by atoms with Crippen LogP contribution in [-0.2, 0) is 41.8 Å². The molecule has 9 nitrogen and oxygen atoms in total. The lowest BCUT2D eigenvalue weighted by Crippen LogP contribution is -2.29. The van der Waals surface area contributed by atoms with Crippen LogP contribution in [0.4, 0.5) is 0 Å². The maximum absolute atomic E-state index is 5.94. The summed E-state index contributed by atoms with van der Waals surface area (Å²) in [5.74, 6) is 0. The number of hydrogen-bond donors (Lipinski definition) is 0. The van der Waals surface area contributed by atoms with Crippen LogP contribution in [-0.4, -0.2) is 94.5 Å². The summed E-state index contributed by atoms with van der Waals surface area (Å²) in [6.45, 7) is 1.70. The maximum atomic E-state index is 5.94. The van der Waals surface area contributed by atoms with E-state index in [1.54, 1.807) is 18.9 Å². The van der Waals surface area contributed by atoms with Gasteiger partial charge in [0.25, 0.3) is 0 Å². The van der Waals surface area contributed by atoms with Crippen LogP contribution >= 0.6 is 0 Å². The van der Waals surface area contributed by atoms with Gasteiger partial charge < -0.3 is 28.4 Å². The number of ether oxygens (including phenoxy) is 6. The molecule has 6 atom stereocenters. The van der Waals surface area contributed by atoms with E-state index in [0.29, 0.717) is 26.6 Å². The first kappa shape index (κ1) is 20.8. The molecular formula is C16H29B2N3O6. The Kier molecular flexibility index (Phi) is 7.68. The highest BCUT2D eigenvalue weighted by Crippen LogP contribution is 2.23. The van der Waals surface area contributed by atoms with E-state index in [1.165, 1.54) is 0 Å². The lowest BCUT2D eigenvalue weighted by Gasteiger charge is -2.18. The number of rotatable bonds is 10. The molecule has 150 valence electrons. The summed E-state index contributed by atoms with van der Waals surface area (Å²) in [5.41, 5.74) is 0.753. The average Bonchev–Trinajstić information content (AvgIpc) is 3.33. The molecule has 0 aliphatic carbocycles. The van der Waals surface area contributed by atoms with Gasteiger partial charge in [-0.25, -0.2) is 4.68 Å². The number of hydrogen-bond acceptors (Lipinski definition) is 8. The summed E-state index contributed by atoms with van der Waals surface area (Å²) in [6.07, 6.45) is 3.57. The van der Waals surface area contributed by atoms with Crippen molar-refractivity contribution >= 4 is 15.7 Å². The summed E-state index contributed by atoms with van der Waals surface area (Å²) in [6, 6.07) is 0.372. The molecule has 0 aromatic carbocycles. The lowest BCUT2D eigenvalue weighted by molar-refractivity contribution is -0.0679. The van der Waals surface area contributed by atoms with Crippen LogP contribution in [0.25, 0.3) is 0 Å².